The van der Waals surface area contributed by atoms with Crippen molar-refractivity contribution in [3.05, 3.63) is 64.5 Å². The summed E-state index contributed by atoms with van der Waals surface area (Å²) in [5.74, 6) is 1.07. The molecule has 21 heavy (non-hydrogen) atoms. The molecule has 1 aliphatic carbocycles. The highest BCUT2D eigenvalue weighted by Gasteiger charge is 2.41. The van der Waals surface area contributed by atoms with Crippen molar-refractivity contribution in [3.8, 4) is 0 Å². The first-order valence-electron chi connectivity index (χ1n) is 7.36. The third kappa shape index (κ3) is 2.01. The second-order valence-electron chi connectivity index (χ2n) is 5.75. The smallest absolute Gasteiger partial charge is 0.160 e. The summed E-state index contributed by atoms with van der Waals surface area (Å²) in [7, 11) is 0. The average molecular weight is 342 g/mol. The van der Waals surface area contributed by atoms with Crippen molar-refractivity contribution in [1.29, 1.82) is 0 Å². The second-order valence-corrected chi connectivity index (χ2v) is 6.67. The zero-order chi connectivity index (χ0) is 14.3. The molecule has 0 atom stereocenters. The van der Waals surface area contributed by atoms with Crippen molar-refractivity contribution < 1.29 is 0 Å². The predicted octanol–water partition coefficient (Wildman–Crippen LogP) is 4.35. The molecule has 4 heteroatoms. The van der Waals surface area contributed by atoms with E-state index >= 15 is 0 Å². The maximum absolute atomic E-state index is 4.56. The third-order valence-corrected chi connectivity index (χ3v) is 5.05. The Morgan fingerprint density at radius 1 is 0.952 bits per heavy atom. The zero-order valence-electron chi connectivity index (χ0n) is 11.7. The van der Waals surface area contributed by atoms with Gasteiger partial charge < -0.3 is 0 Å². The van der Waals surface area contributed by atoms with Crippen LogP contribution in [0.2, 0.25) is 0 Å². The molecule has 2 aromatic heterocycles. The highest BCUT2D eigenvalue weighted by Crippen LogP contribution is 2.45. The van der Waals surface area contributed by atoms with Crippen molar-refractivity contribution in [2.45, 2.75) is 31.1 Å². The molecule has 0 bridgehead atoms. The summed E-state index contributed by atoms with van der Waals surface area (Å²) >= 11 is 3.56. The van der Waals surface area contributed by atoms with E-state index < -0.39 is 0 Å². The van der Waals surface area contributed by atoms with E-state index in [9.17, 15) is 0 Å². The van der Waals surface area contributed by atoms with E-state index in [1.807, 2.05) is 12.1 Å². The topological polar surface area (TPSA) is 30.2 Å². The lowest BCUT2D eigenvalue weighted by Crippen LogP contribution is -2.26. The lowest BCUT2D eigenvalue weighted by molar-refractivity contribution is 0.494. The van der Waals surface area contributed by atoms with Crippen LogP contribution in [0.4, 0.5) is 0 Å². The second kappa shape index (κ2) is 4.95. The van der Waals surface area contributed by atoms with Crippen LogP contribution in [0.5, 0.6) is 0 Å². The molecule has 0 spiro atoms. The number of hydrogen-bond donors (Lipinski definition) is 0. The molecular weight excluding hydrogens is 326 g/mol. The normalized spacial score (nSPS) is 17.4. The summed E-state index contributed by atoms with van der Waals surface area (Å²) in [5.41, 5.74) is 2.27. The van der Waals surface area contributed by atoms with Gasteiger partial charge in [0, 0.05) is 10.7 Å². The molecule has 2 heterocycles. The van der Waals surface area contributed by atoms with Gasteiger partial charge in [-0.1, -0.05) is 43.2 Å². The van der Waals surface area contributed by atoms with Crippen molar-refractivity contribution >= 4 is 21.6 Å². The van der Waals surface area contributed by atoms with E-state index in [4.69, 9.17) is 0 Å². The molecule has 0 unspecified atom stereocenters. The Morgan fingerprint density at radius 3 is 2.48 bits per heavy atom. The van der Waals surface area contributed by atoms with Crippen molar-refractivity contribution in [2.24, 2.45) is 0 Å². The lowest BCUT2D eigenvalue weighted by Gasteiger charge is -2.27. The fourth-order valence-corrected chi connectivity index (χ4v) is 3.91. The molecule has 0 saturated heterocycles. The molecule has 1 aromatic carbocycles. The standard InChI is InChI=1S/C17H16BrN3/c18-14-8-9-15-19-20-16(21(15)12-14)17(10-4-5-11-17)13-6-2-1-3-7-13/h1-3,6-9,12H,4-5,10-11H2. The molecule has 1 fully saturated rings. The number of rotatable bonds is 2. The van der Waals surface area contributed by atoms with Crippen LogP contribution in [-0.2, 0) is 5.41 Å². The molecule has 0 radical (unpaired) electrons. The van der Waals surface area contributed by atoms with Crippen molar-refractivity contribution in [1.82, 2.24) is 14.6 Å². The molecule has 0 N–H and O–H groups in total. The predicted molar refractivity (Wildman–Crippen MR) is 86.4 cm³/mol. The van der Waals surface area contributed by atoms with Crippen LogP contribution in [0.15, 0.2) is 53.1 Å². The minimum absolute atomic E-state index is 0.00146. The number of halogens is 1. The summed E-state index contributed by atoms with van der Waals surface area (Å²) in [6, 6.07) is 14.8. The Labute approximate surface area is 132 Å². The SMILES string of the molecule is Brc1ccc2nnc(C3(c4ccccc4)CCCC3)n2c1. The fourth-order valence-electron chi connectivity index (χ4n) is 3.57. The van der Waals surface area contributed by atoms with Gasteiger partial charge in [0.25, 0.3) is 0 Å². The first-order chi connectivity index (χ1) is 10.3. The number of aromatic nitrogens is 3. The number of pyridine rings is 1. The molecule has 0 amide bonds. The third-order valence-electron chi connectivity index (χ3n) is 4.58. The zero-order valence-corrected chi connectivity index (χ0v) is 13.3. The van der Waals surface area contributed by atoms with E-state index in [0.29, 0.717) is 0 Å². The number of benzene rings is 1. The van der Waals surface area contributed by atoms with Gasteiger partial charge in [0.2, 0.25) is 0 Å². The Balaban J connectivity index is 1.97. The number of hydrogen-bond acceptors (Lipinski definition) is 2. The van der Waals surface area contributed by atoms with Gasteiger partial charge in [-0.15, -0.1) is 10.2 Å². The van der Waals surface area contributed by atoms with Crippen molar-refractivity contribution in [2.75, 3.05) is 0 Å². The van der Waals surface area contributed by atoms with E-state index in [1.54, 1.807) is 0 Å². The van der Waals surface area contributed by atoms with E-state index in [-0.39, 0.29) is 5.41 Å². The van der Waals surface area contributed by atoms with E-state index in [2.05, 4.69) is 67.1 Å². The van der Waals surface area contributed by atoms with Crippen LogP contribution >= 0.6 is 15.9 Å². The van der Waals surface area contributed by atoms with Crippen LogP contribution in [0, 0.1) is 0 Å². The molecule has 106 valence electrons. The van der Waals surface area contributed by atoms with Crippen LogP contribution in [0.3, 0.4) is 0 Å². The van der Waals surface area contributed by atoms with Gasteiger partial charge in [-0.2, -0.15) is 0 Å². The quantitative estimate of drug-likeness (QED) is 0.693. The maximum atomic E-state index is 4.56. The average Bonchev–Trinajstić information content (AvgIpc) is 3.15. The van der Waals surface area contributed by atoms with Crippen LogP contribution < -0.4 is 0 Å². The van der Waals surface area contributed by atoms with Gasteiger partial charge in [0.15, 0.2) is 5.65 Å². The number of nitrogens with zero attached hydrogens (tertiary/aromatic N) is 3. The largest absolute Gasteiger partial charge is 0.285 e. The van der Waals surface area contributed by atoms with Crippen LogP contribution in [-0.4, -0.2) is 14.6 Å². The Hall–Kier alpha value is -1.68. The first kappa shape index (κ1) is 13.0. The summed E-state index contributed by atoms with van der Waals surface area (Å²) in [4.78, 5) is 0. The molecule has 3 nitrogen and oxygen atoms in total. The lowest BCUT2D eigenvalue weighted by atomic mass is 9.78. The maximum Gasteiger partial charge on any atom is 0.160 e. The van der Waals surface area contributed by atoms with E-state index in [1.165, 1.54) is 18.4 Å². The highest BCUT2D eigenvalue weighted by molar-refractivity contribution is 9.10. The van der Waals surface area contributed by atoms with E-state index in [0.717, 1.165) is 28.8 Å². The summed E-state index contributed by atoms with van der Waals surface area (Å²) in [6.07, 6.45) is 6.86. The van der Waals surface area contributed by atoms with Crippen LogP contribution in [0.25, 0.3) is 5.65 Å². The number of fused-ring (bicyclic) bond motifs is 1. The molecule has 0 aliphatic heterocycles. The molecule has 3 aromatic rings. The van der Waals surface area contributed by atoms with Gasteiger partial charge in [0.05, 0.1) is 5.41 Å². The minimum Gasteiger partial charge on any atom is -0.285 e. The van der Waals surface area contributed by atoms with Gasteiger partial charge >= 0.3 is 0 Å². The van der Waals surface area contributed by atoms with Gasteiger partial charge in [-0.25, -0.2) is 0 Å². The minimum atomic E-state index is 0.00146. The summed E-state index contributed by atoms with van der Waals surface area (Å²) < 4.78 is 3.19. The Bertz CT molecular complexity index is 773. The Morgan fingerprint density at radius 2 is 1.71 bits per heavy atom. The molecule has 4 rings (SSSR count). The van der Waals surface area contributed by atoms with Gasteiger partial charge in [0.1, 0.15) is 5.82 Å². The molecule has 1 aliphatic rings. The van der Waals surface area contributed by atoms with Crippen molar-refractivity contribution in [3.63, 3.8) is 0 Å². The molecular formula is C17H16BrN3. The Kier molecular flexibility index (Phi) is 3.07. The molecule has 1 saturated carbocycles. The first-order valence-corrected chi connectivity index (χ1v) is 8.15. The van der Waals surface area contributed by atoms with Gasteiger partial charge in [-0.3, -0.25) is 4.40 Å². The highest BCUT2D eigenvalue weighted by atomic mass is 79.9. The fraction of sp³-hybridized carbons (Fsp3) is 0.294. The van der Waals surface area contributed by atoms with Crippen LogP contribution in [0.1, 0.15) is 37.1 Å². The monoisotopic (exact) mass is 341 g/mol. The summed E-state index contributed by atoms with van der Waals surface area (Å²) in [6.45, 7) is 0. The van der Waals surface area contributed by atoms with Gasteiger partial charge in [-0.05, 0) is 46.5 Å². The summed E-state index contributed by atoms with van der Waals surface area (Å²) in [5, 5.41) is 8.93.